The highest BCUT2D eigenvalue weighted by molar-refractivity contribution is 5.43. The van der Waals surface area contributed by atoms with Crippen molar-refractivity contribution in [2.24, 2.45) is 13.0 Å². The number of rotatable bonds is 4. The Morgan fingerprint density at radius 2 is 2.00 bits per heavy atom. The minimum absolute atomic E-state index is 0.540. The molecule has 1 aromatic heterocycles. The molecule has 0 saturated carbocycles. The lowest BCUT2D eigenvalue weighted by Crippen LogP contribution is -2.09. The number of nitrogens with two attached hydrogens (primary N) is 1. The van der Waals surface area contributed by atoms with E-state index in [9.17, 15) is 0 Å². The van der Waals surface area contributed by atoms with Gasteiger partial charge in [-0.25, -0.2) is 0 Å². The maximum absolute atomic E-state index is 5.94. The minimum Gasteiger partial charge on any atom is -0.384 e. The number of nitrogens with zero attached hydrogens (tertiary/aromatic N) is 2. The van der Waals surface area contributed by atoms with Gasteiger partial charge in [-0.15, -0.1) is 0 Å². The largest absolute Gasteiger partial charge is 0.384 e. The average Bonchev–Trinajstić information content (AvgIpc) is 2.42. The van der Waals surface area contributed by atoms with Crippen LogP contribution in [0.3, 0.4) is 0 Å². The molecule has 0 saturated heterocycles. The van der Waals surface area contributed by atoms with Gasteiger partial charge in [0.25, 0.3) is 0 Å². The monoisotopic (exact) mass is 209 g/mol. The summed E-state index contributed by atoms with van der Waals surface area (Å²) in [4.78, 5) is 0. The number of aromatic nitrogens is 2. The molecule has 0 spiro atoms. The van der Waals surface area contributed by atoms with E-state index in [0.717, 1.165) is 11.4 Å². The molecule has 0 amide bonds. The fraction of sp³-hybridized carbons (Fsp3) is 0.750. The number of hydrogen-bond donors (Lipinski definition) is 1. The first-order valence-electron chi connectivity index (χ1n) is 5.78. The first-order chi connectivity index (χ1) is 6.99. The van der Waals surface area contributed by atoms with Crippen LogP contribution in [0.2, 0.25) is 0 Å². The molecule has 1 atom stereocenters. The second-order valence-corrected chi connectivity index (χ2v) is 4.66. The van der Waals surface area contributed by atoms with Gasteiger partial charge in [-0.05, 0) is 19.3 Å². The highest BCUT2D eigenvalue weighted by atomic mass is 15.3. The molecule has 0 radical (unpaired) electrons. The molecule has 86 valence electrons. The molecule has 0 fully saturated rings. The fourth-order valence-electron chi connectivity index (χ4n) is 2.11. The molecule has 0 aliphatic rings. The Morgan fingerprint density at radius 1 is 1.40 bits per heavy atom. The van der Waals surface area contributed by atoms with Crippen molar-refractivity contribution in [3.8, 4) is 0 Å². The van der Waals surface area contributed by atoms with Crippen LogP contribution < -0.4 is 5.73 Å². The molecule has 0 bridgehead atoms. The molecule has 3 heteroatoms. The predicted octanol–water partition coefficient (Wildman–Crippen LogP) is 2.85. The molecule has 1 unspecified atom stereocenters. The van der Waals surface area contributed by atoms with E-state index in [2.05, 4.69) is 32.8 Å². The normalized spacial score (nSPS) is 13.5. The third kappa shape index (κ3) is 2.33. The highest BCUT2D eigenvalue weighted by Gasteiger charge is 2.21. The first kappa shape index (κ1) is 12.1. The van der Waals surface area contributed by atoms with Crippen molar-refractivity contribution in [1.82, 2.24) is 9.78 Å². The molecule has 0 aliphatic carbocycles. The van der Waals surface area contributed by atoms with E-state index < -0.39 is 0 Å². The van der Waals surface area contributed by atoms with Crippen LogP contribution in [0.25, 0.3) is 0 Å². The van der Waals surface area contributed by atoms with E-state index in [1.165, 1.54) is 18.5 Å². The smallest absolute Gasteiger partial charge is 0.124 e. The van der Waals surface area contributed by atoms with Gasteiger partial charge in [-0.3, -0.25) is 4.68 Å². The molecule has 1 heterocycles. The molecule has 0 aromatic carbocycles. The second kappa shape index (κ2) is 4.69. The van der Waals surface area contributed by atoms with Crippen LogP contribution in [-0.2, 0) is 7.05 Å². The number of hydrogen-bond acceptors (Lipinski definition) is 2. The van der Waals surface area contributed by atoms with Crippen molar-refractivity contribution in [2.45, 2.75) is 46.5 Å². The van der Waals surface area contributed by atoms with Crippen LogP contribution >= 0.6 is 0 Å². The van der Waals surface area contributed by atoms with E-state index >= 15 is 0 Å². The van der Waals surface area contributed by atoms with Crippen LogP contribution in [0.5, 0.6) is 0 Å². The molecule has 0 aliphatic heterocycles. The van der Waals surface area contributed by atoms with Gasteiger partial charge in [0, 0.05) is 18.5 Å². The fourth-order valence-corrected chi connectivity index (χ4v) is 2.11. The van der Waals surface area contributed by atoms with E-state index in [1.54, 1.807) is 4.68 Å². The minimum atomic E-state index is 0.540. The van der Waals surface area contributed by atoms with Gasteiger partial charge in [0.15, 0.2) is 0 Å². The van der Waals surface area contributed by atoms with Gasteiger partial charge in [-0.1, -0.05) is 27.2 Å². The van der Waals surface area contributed by atoms with Crippen molar-refractivity contribution >= 4 is 5.82 Å². The van der Waals surface area contributed by atoms with Crippen LogP contribution in [-0.4, -0.2) is 9.78 Å². The van der Waals surface area contributed by atoms with Crippen LogP contribution in [0.4, 0.5) is 5.82 Å². The molecule has 1 rings (SSSR count). The Labute approximate surface area is 92.7 Å². The molecular weight excluding hydrogens is 186 g/mol. The van der Waals surface area contributed by atoms with Gasteiger partial charge in [-0.2, -0.15) is 5.10 Å². The average molecular weight is 209 g/mol. The third-order valence-corrected chi connectivity index (χ3v) is 3.13. The maximum atomic E-state index is 5.94. The highest BCUT2D eigenvalue weighted by Crippen LogP contribution is 2.32. The van der Waals surface area contributed by atoms with Gasteiger partial charge in [0.2, 0.25) is 0 Å². The zero-order valence-electron chi connectivity index (χ0n) is 10.5. The van der Waals surface area contributed by atoms with Gasteiger partial charge in [0.1, 0.15) is 5.82 Å². The van der Waals surface area contributed by atoms with Crippen LogP contribution in [0, 0.1) is 12.8 Å². The lowest BCUT2D eigenvalue weighted by atomic mass is 9.87. The Kier molecular flexibility index (Phi) is 3.77. The van der Waals surface area contributed by atoms with E-state index in [0.29, 0.717) is 11.8 Å². The Morgan fingerprint density at radius 3 is 2.33 bits per heavy atom. The molecule has 3 nitrogen and oxygen atoms in total. The molecular formula is C12H23N3. The third-order valence-electron chi connectivity index (χ3n) is 3.13. The summed E-state index contributed by atoms with van der Waals surface area (Å²) in [6, 6.07) is 0. The van der Waals surface area contributed by atoms with Crippen molar-refractivity contribution in [3.05, 3.63) is 11.3 Å². The Bertz CT molecular complexity index is 326. The van der Waals surface area contributed by atoms with Gasteiger partial charge >= 0.3 is 0 Å². The van der Waals surface area contributed by atoms with E-state index in [4.69, 9.17) is 5.73 Å². The zero-order chi connectivity index (χ0) is 11.6. The summed E-state index contributed by atoms with van der Waals surface area (Å²) in [6.07, 6.45) is 2.38. The summed E-state index contributed by atoms with van der Waals surface area (Å²) in [7, 11) is 1.91. The quantitative estimate of drug-likeness (QED) is 0.828. The summed E-state index contributed by atoms with van der Waals surface area (Å²) in [5, 5.41) is 4.54. The SMILES string of the molecule is CCCC(c1nn(C)c(N)c1C)C(C)C. The first-order valence-corrected chi connectivity index (χ1v) is 5.78. The van der Waals surface area contributed by atoms with Crippen molar-refractivity contribution in [1.29, 1.82) is 0 Å². The van der Waals surface area contributed by atoms with Crippen LogP contribution in [0.1, 0.15) is 50.8 Å². The lowest BCUT2D eigenvalue weighted by Gasteiger charge is -2.18. The zero-order valence-corrected chi connectivity index (χ0v) is 10.5. The summed E-state index contributed by atoms with van der Waals surface area (Å²) in [5.74, 6) is 1.96. The topological polar surface area (TPSA) is 43.8 Å². The van der Waals surface area contributed by atoms with E-state index in [-0.39, 0.29) is 0 Å². The van der Waals surface area contributed by atoms with Crippen molar-refractivity contribution in [3.63, 3.8) is 0 Å². The van der Waals surface area contributed by atoms with E-state index in [1.807, 2.05) is 7.05 Å². The van der Waals surface area contributed by atoms with Crippen molar-refractivity contribution in [2.75, 3.05) is 5.73 Å². The van der Waals surface area contributed by atoms with Gasteiger partial charge in [0.05, 0.1) is 5.69 Å². The molecule has 15 heavy (non-hydrogen) atoms. The van der Waals surface area contributed by atoms with Gasteiger partial charge < -0.3 is 5.73 Å². The standard InChI is InChI=1S/C12H23N3/c1-6-7-10(8(2)3)11-9(4)12(13)15(5)14-11/h8,10H,6-7,13H2,1-5H3. The summed E-state index contributed by atoms with van der Waals surface area (Å²) in [5.41, 5.74) is 8.28. The molecule has 1 aromatic rings. The van der Waals surface area contributed by atoms with Crippen molar-refractivity contribution < 1.29 is 0 Å². The maximum Gasteiger partial charge on any atom is 0.124 e. The summed E-state index contributed by atoms with van der Waals surface area (Å²) < 4.78 is 1.79. The summed E-state index contributed by atoms with van der Waals surface area (Å²) >= 11 is 0. The number of nitrogen functional groups attached to an aromatic ring is 1. The lowest BCUT2D eigenvalue weighted by molar-refractivity contribution is 0.448. The summed E-state index contributed by atoms with van der Waals surface area (Å²) in [6.45, 7) is 8.80. The van der Waals surface area contributed by atoms with Crippen LogP contribution in [0.15, 0.2) is 0 Å². The predicted molar refractivity (Wildman–Crippen MR) is 64.8 cm³/mol. The second-order valence-electron chi connectivity index (χ2n) is 4.66. The number of aryl methyl sites for hydroxylation is 1. The molecule has 2 N–H and O–H groups in total. The Hall–Kier alpha value is -0.990. The number of anilines is 1. The Balaban J connectivity index is 3.05.